The van der Waals surface area contributed by atoms with E-state index in [0.717, 1.165) is 30.8 Å². The van der Waals surface area contributed by atoms with Gasteiger partial charge < -0.3 is 14.8 Å². The molecule has 1 unspecified atom stereocenters. The third kappa shape index (κ3) is 4.91. The number of hydrogen-bond donors (Lipinski definition) is 1. The number of rotatable bonds is 6. The quantitative estimate of drug-likeness (QED) is 0.854. The highest BCUT2D eigenvalue weighted by molar-refractivity contribution is 5.76. The molecule has 1 aromatic rings. The van der Waals surface area contributed by atoms with Gasteiger partial charge in [0.2, 0.25) is 5.91 Å². The average Bonchev–Trinajstić information content (AvgIpc) is 2.89. The van der Waals surface area contributed by atoms with Crippen LogP contribution in [0.2, 0.25) is 0 Å². The first-order chi connectivity index (χ1) is 9.24. The van der Waals surface area contributed by atoms with Crippen molar-refractivity contribution in [1.29, 1.82) is 0 Å². The van der Waals surface area contributed by atoms with Crippen LogP contribution in [0.15, 0.2) is 24.3 Å². The minimum absolute atomic E-state index is 0.0168. The molecule has 0 aliphatic carbocycles. The van der Waals surface area contributed by atoms with Gasteiger partial charge in [-0.2, -0.15) is 0 Å². The summed E-state index contributed by atoms with van der Waals surface area (Å²) in [6.07, 6.45) is 2.71. The Morgan fingerprint density at radius 3 is 3.16 bits per heavy atom. The molecule has 19 heavy (non-hydrogen) atoms. The van der Waals surface area contributed by atoms with E-state index in [1.54, 1.807) is 0 Å². The summed E-state index contributed by atoms with van der Waals surface area (Å²) in [6.45, 7) is 3.85. The zero-order valence-corrected chi connectivity index (χ0v) is 11.4. The van der Waals surface area contributed by atoms with E-state index in [2.05, 4.69) is 5.32 Å². The molecule has 1 aliphatic rings. The molecule has 1 N–H and O–H groups in total. The lowest BCUT2D eigenvalue weighted by Crippen LogP contribution is -2.32. The van der Waals surface area contributed by atoms with Gasteiger partial charge in [0.15, 0.2) is 0 Å². The van der Waals surface area contributed by atoms with Gasteiger partial charge in [-0.05, 0) is 37.5 Å². The number of carbonyl (C=O) groups excluding carboxylic acids is 1. The topological polar surface area (TPSA) is 47.6 Å². The van der Waals surface area contributed by atoms with E-state index in [4.69, 9.17) is 9.47 Å². The Kier molecular flexibility index (Phi) is 5.21. The molecule has 0 aromatic heterocycles. The molecule has 1 atom stereocenters. The number of carbonyl (C=O) groups is 1. The third-order valence-corrected chi connectivity index (χ3v) is 3.14. The molecule has 1 heterocycles. The number of benzene rings is 1. The molecule has 4 heteroatoms. The molecule has 0 spiro atoms. The van der Waals surface area contributed by atoms with Crippen molar-refractivity contribution in [3.05, 3.63) is 29.8 Å². The second kappa shape index (κ2) is 7.14. The molecule has 1 amide bonds. The second-order valence-electron chi connectivity index (χ2n) is 4.85. The highest BCUT2D eigenvalue weighted by Crippen LogP contribution is 2.12. The van der Waals surface area contributed by atoms with Gasteiger partial charge in [-0.1, -0.05) is 12.1 Å². The molecule has 1 aliphatic heterocycles. The zero-order valence-electron chi connectivity index (χ0n) is 11.4. The van der Waals surface area contributed by atoms with Crippen molar-refractivity contribution in [2.75, 3.05) is 19.8 Å². The molecule has 104 valence electrons. The van der Waals surface area contributed by atoms with Crippen molar-refractivity contribution in [3.8, 4) is 5.75 Å². The molecule has 2 rings (SSSR count). The Hall–Kier alpha value is -1.55. The fourth-order valence-electron chi connectivity index (χ4n) is 2.09. The van der Waals surface area contributed by atoms with Crippen LogP contribution in [0.4, 0.5) is 0 Å². The van der Waals surface area contributed by atoms with E-state index in [0.29, 0.717) is 19.6 Å². The van der Waals surface area contributed by atoms with Crippen LogP contribution in [-0.4, -0.2) is 31.8 Å². The number of nitrogens with one attached hydrogen (secondary N) is 1. The van der Waals surface area contributed by atoms with Crippen LogP contribution >= 0.6 is 0 Å². The van der Waals surface area contributed by atoms with Crippen LogP contribution in [0.5, 0.6) is 5.75 Å². The molecule has 0 radical (unpaired) electrons. The SMILES string of the molecule is Cc1cccc(OCCC(=O)NCC2CCCO2)c1. The number of ether oxygens (including phenoxy) is 2. The molecule has 0 saturated carbocycles. The molecular weight excluding hydrogens is 242 g/mol. The summed E-state index contributed by atoms with van der Waals surface area (Å²) in [6, 6.07) is 7.82. The van der Waals surface area contributed by atoms with Crippen LogP contribution in [0.1, 0.15) is 24.8 Å². The number of amides is 1. The highest BCUT2D eigenvalue weighted by atomic mass is 16.5. The van der Waals surface area contributed by atoms with Crippen molar-refractivity contribution < 1.29 is 14.3 Å². The van der Waals surface area contributed by atoms with E-state index < -0.39 is 0 Å². The summed E-state index contributed by atoms with van der Waals surface area (Å²) in [4.78, 5) is 11.6. The molecular formula is C15H21NO3. The highest BCUT2D eigenvalue weighted by Gasteiger charge is 2.15. The van der Waals surface area contributed by atoms with E-state index in [9.17, 15) is 4.79 Å². The monoisotopic (exact) mass is 263 g/mol. The average molecular weight is 263 g/mol. The first-order valence-corrected chi connectivity index (χ1v) is 6.82. The van der Waals surface area contributed by atoms with Crippen LogP contribution in [0.25, 0.3) is 0 Å². The standard InChI is InChI=1S/C15H21NO3/c1-12-4-2-5-13(10-12)19-9-7-15(17)16-11-14-6-3-8-18-14/h2,4-5,10,14H,3,6-9,11H2,1H3,(H,16,17). The lowest BCUT2D eigenvalue weighted by molar-refractivity contribution is -0.122. The molecule has 4 nitrogen and oxygen atoms in total. The van der Waals surface area contributed by atoms with Crippen molar-refractivity contribution in [2.45, 2.75) is 32.3 Å². The summed E-state index contributed by atoms with van der Waals surface area (Å²) in [5.41, 5.74) is 1.15. The van der Waals surface area contributed by atoms with Crippen LogP contribution in [0.3, 0.4) is 0 Å². The fraction of sp³-hybridized carbons (Fsp3) is 0.533. The zero-order chi connectivity index (χ0) is 13.5. The first kappa shape index (κ1) is 13.9. The summed E-state index contributed by atoms with van der Waals surface area (Å²) >= 11 is 0. The predicted molar refractivity (Wildman–Crippen MR) is 73.3 cm³/mol. The van der Waals surface area contributed by atoms with Crippen LogP contribution < -0.4 is 10.1 Å². The van der Waals surface area contributed by atoms with E-state index in [1.807, 2.05) is 31.2 Å². The van der Waals surface area contributed by atoms with Gasteiger partial charge in [0.1, 0.15) is 5.75 Å². The molecule has 1 fully saturated rings. The van der Waals surface area contributed by atoms with Gasteiger partial charge >= 0.3 is 0 Å². The Bertz CT molecular complexity index is 414. The molecule has 1 saturated heterocycles. The molecule has 1 aromatic carbocycles. The Morgan fingerprint density at radius 1 is 1.53 bits per heavy atom. The maximum Gasteiger partial charge on any atom is 0.223 e. The van der Waals surface area contributed by atoms with Gasteiger partial charge in [0.05, 0.1) is 19.1 Å². The van der Waals surface area contributed by atoms with Crippen LogP contribution in [-0.2, 0) is 9.53 Å². The summed E-state index contributed by atoms with van der Waals surface area (Å²) in [5.74, 6) is 0.829. The predicted octanol–water partition coefficient (Wildman–Crippen LogP) is 2.06. The summed E-state index contributed by atoms with van der Waals surface area (Å²) < 4.78 is 11.0. The largest absolute Gasteiger partial charge is 0.493 e. The van der Waals surface area contributed by atoms with Crippen molar-refractivity contribution in [3.63, 3.8) is 0 Å². The number of hydrogen-bond acceptors (Lipinski definition) is 3. The Balaban J connectivity index is 1.60. The number of aryl methyl sites for hydroxylation is 1. The second-order valence-corrected chi connectivity index (χ2v) is 4.85. The van der Waals surface area contributed by atoms with E-state index in [-0.39, 0.29) is 12.0 Å². The minimum atomic E-state index is 0.0168. The van der Waals surface area contributed by atoms with E-state index in [1.165, 1.54) is 0 Å². The third-order valence-electron chi connectivity index (χ3n) is 3.14. The summed E-state index contributed by atoms with van der Waals surface area (Å²) in [7, 11) is 0. The van der Waals surface area contributed by atoms with Gasteiger partial charge in [-0.3, -0.25) is 4.79 Å². The summed E-state index contributed by atoms with van der Waals surface area (Å²) in [5, 5.41) is 2.88. The van der Waals surface area contributed by atoms with Gasteiger partial charge in [-0.15, -0.1) is 0 Å². The van der Waals surface area contributed by atoms with Crippen LogP contribution in [0, 0.1) is 6.92 Å². The van der Waals surface area contributed by atoms with Gasteiger partial charge in [0.25, 0.3) is 0 Å². The van der Waals surface area contributed by atoms with Crippen molar-refractivity contribution in [2.24, 2.45) is 0 Å². The van der Waals surface area contributed by atoms with Gasteiger partial charge in [0, 0.05) is 13.2 Å². The van der Waals surface area contributed by atoms with E-state index >= 15 is 0 Å². The van der Waals surface area contributed by atoms with Crippen molar-refractivity contribution >= 4 is 5.91 Å². The Labute approximate surface area is 114 Å². The minimum Gasteiger partial charge on any atom is -0.493 e. The Morgan fingerprint density at radius 2 is 2.42 bits per heavy atom. The lowest BCUT2D eigenvalue weighted by atomic mass is 10.2. The first-order valence-electron chi connectivity index (χ1n) is 6.82. The smallest absolute Gasteiger partial charge is 0.223 e. The fourth-order valence-corrected chi connectivity index (χ4v) is 2.09. The molecule has 0 bridgehead atoms. The normalized spacial score (nSPS) is 18.3. The lowest BCUT2D eigenvalue weighted by Gasteiger charge is -2.11. The van der Waals surface area contributed by atoms with Crippen molar-refractivity contribution in [1.82, 2.24) is 5.32 Å². The maximum absolute atomic E-state index is 11.6. The van der Waals surface area contributed by atoms with Gasteiger partial charge in [-0.25, -0.2) is 0 Å². The maximum atomic E-state index is 11.6.